The summed E-state index contributed by atoms with van der Waals surface area (Å²) in [6.45, 7) is 2.14. The molecule has 1 aromatic heterocycles. The number of nitrogens with zero attached hydrogens (tertiary/aromatic N) is 1. The lowest BCUT2D eigenvalue weighted by Gasteiger charge is -2.02. The Morgan fingerprint density at radius 2 is 1.94 bits per heavy atom. The summed E-state index contributed by atoms with van der Waals surface area (Å²) in [6, 6.07) is 8.35. The van der Waals surface area contributed by atoms with E-state index in [2.05, 4.69) is 36.2 Å². The topological polar surface area (TPSA) is 46.7 Å². The molecule has 1 heterocycles. The molecule has 0 aliphatic carbocycles. The summed E-state index contributed by atoms with van der Waals surface area (Å²) in [6.07, 6.45) is 1.04. The second kappa shape index (κ2) is 4.14. The van der Waals surface area contributed by atoms with Crippen LogP contribution < -0.4 is 5.73 Å². The van der Waals surface area contributed by atoms with Gasteiger partial charge in [-0.15, -0.1) is 0 Å². The minimum absolute atomic E-state index is 0.645. The maximum atomic E-state index is 5.97. The molecule has 0 atom stereocenters. The molecular weight excluding hydrogens is 218 g/mol. The SMILES string of the molecule is CCc1ccc(-c2[nH]c(=S)n(C)c2N)cc1. The zero-order chi connectivity index (χ0) is 11.7. The van der Waals surface area contributed by atoms with E-state index < -0.39 is 0 Å². The van der Waals surface area contributed by atoms with Gasteiger partial charge in [0.2, 0.25) is 0 Å². The number of H-pyrrole nitrogens is 1. The van der Waals surface area contributed by atoms with Crippen LogP contribution in [0.25, 0.3) is 11.3 Å². The Bertz CT molecular complexity index is 549. The third-order valence-electron chi connectivity index (χ3n) is 2.80. The normalized spacial score (nSPS) is 10.6. The third kappa shape index (κ3) is 1.76. The molecule has 0 amide bonds. The van der Waals surface area contributed by atoms with E-state index in [1.54, 1.807) is 4.57 Å². The molecule has 3 N–H and O–H groups in total. The highest BCUT2D eigenvalue weighted by Gasteiger charge is 2.07. The van der Waals surface area contributed by atoms with Crippen LogP contribution in [0.15, 0.2) is 24.3 Å². The van der Waals surface area contributed by atoms with Crippen LogP contribution in [0.5, 0.6) is 0 Å². The van der Waals surface area contributed by atoms with E-state index in [-0.39, 0.29) is 0 Å². The number of rotatable bonds is 2. The van der Waals surface area contributed by atoms with E-state index in [1.165, 1.54) is 5.56 Å². The van der Waals surface area contributed by atoms with Gasteiger partial charge in [0.05, 0.1) is 5.69 Å². The predicted molar refractivity (Wildman–Crippen MR) is 69.8 cm³/mol. The monoisotopic (exact) mass is 233 g/mol. The highest BCUT2D eigenvalue weighted by Crippen LogP contribution is 2.24. The van der Waals surface area contributed by atoms with Crippen molar-refractivity contribution in [2.24, 2.45) is 7.05 Å². The van der Waals surface area contributed by atoms with Gasteiger partial charge in [0.1, 0.15) is 5.82 Å². The van der Waals surface area contributed by atoms with Crippen LogP contribution >= 0.6 is 12.2 Å². The smallest absolute Gasteiger partial charge is 0.178 e. The van der Waals surface area contributed by atoms with Crippen molar-refractivity contribution in [3.05, 3.63) is 34.6 Å². The number of aryl methyl sites for hydroxylation is 1. The maximum Gasteiger partial charge on any atom is 0.178 e. The largest absolute Gasteiger partial charge is 0.383 e. The van der Waals surface area contributed by atoms with Crippen molar-refractivity contribution in [2.75, 3.05) is 5.73 Å². The Morgan fingerprint density at radius 1 is 1.31 bits per heavy atom. The van der Waals surface area contributed by atoms with Crippen LogP contribution in [-0.4, -0.2) is 9.55 Å². The first-order chi connectivity index (χ1) is 7.63. The molecule has 0 aliphatic rings. The summed E-state index contributed by atoms with van der Waals surface area (Å²) in [5, 5.41) is 0. The fraction of sp³-hybridized carbons (Fsp3) is 0.250. The molecule has 2 aromatic rings. The van der Waals surface area contributed by atoms with Gasteiger partial charge in [-0.1, -0.05) is 31.2 Å². The van der Waals surface area contributed by atoms with E-state index in [0.717, 1.165) is 17.7 Å². The lowest BCUT2D eigenvalue weighted by molar-refractivity contribution is 0.906. The first-order valence-corrected chi connectivity index (χ1v) is 5.68. The molecule has 84 valence electrons. The number of nitrogens with one attached hydrogen (secondary N) is 1. The van der Waals surface area contributed by atoms with Crippen molar-refractivity contribution in [1.82, 2.24) is 9.55 Å². The van der Waals surface area contributed by atoms with Gasteiger partial charge in [-0.3, -0.25) is 0 Å². The molecule has 0 fully saturated rings. The van der Waals surface area contributed by atoms with Crippen LogP contribution in [0.2, 0.25) is 0 Å². The number of benzene rings is 1. The number of imidazole rings is 1. The highest BCUT2D eigenvalue weighted by molar-refractivity contribution is 7.71. The van der Waals surface area contributed by atoms with Crippen molar-refractivity contribution < 1.29 is 0 Å². The second-order valence-corrected chi connectivity index (χ2v) is 4.19. The predicted octanol–water partition coefficient (Wildman–Crippen LogP) is 2.89. The molecule has 4 heteroatoms. The summed E-state index contributed by atoms with van der Waals surface area (Å²) >= 11 is 5.14. The summed E-state index contributed by atoms with van der Waals surface area (Å²) in [7, 11) is 1.86. The number of aromatic nitrogens is 2. The summed E-state index contributed by atoms with van der Waals surface area (Å²) in [5.41, 5.74) is 9.26. The Morgan fingerprint density at radius 3 is 2.38 bits per heavy atom. The third-order valence-corrected chi connectivity index (χ3v) is 3.18. The molecule has 0 spiro atoms. The van der Waals surface area contributed by atoms with E-state index in [9.17, 15) is 0 Å². The van der Waals surface area contributed by atoms with Crippen LogP contribution in [0.4, 0.5) is 5.82 Å². The Labute approximate surface area is 99.9 Å². The highest BCUT2D eigenvalue weighted by atomic mass is 32.1. The van der Waals surface area contributed by atoms with Crippen LogP contribution in [-0.2, 0) is 13.5 Å². The second-order valence-electron chi connectivity index (χ2n) is 3.80. The Kier molecular flexibility index (Phi) is 2.83. The van der Waals surface area contributed by atoms with Gasteiger partial charge in [-0.05, 0) is 24.2 Å². The van der Waals surface area contributed by atoms with Gasteiger partial charge < -0.3 is 15.3 Å². The van der Waals surface area contributed by atoms with Gasteiger partial charge in [-0.25, -0.2) is 0 Å². The van der Waals surface area contributed by atoms with E-state index in [4.69, 9.17) is 18.0 Å². The number of aromatic amines is 1. The number of nitrogen functional groups attached to an aromatic ring is 1. The molecule has 0 saturated heterocycles. The molecule has 0 bridgehead atoms. The molecular formula is C12H15N3S. The van der Waals surface area contributed by atoms with Crippen molar-refractivity contribution in [3.63, 3.8) is 0 Å². The fourth-order valence-corrected chi connectivity index (χ4v) is 1.86. The molecule has 3 nitrogen and oxygen atoms in total. The molecule has 0 unspecified atom stereocenters. The average molecular weight is 233 g/mol. The zero-order valence-corrected chi connectivity index (χ0v) is 10.3. The van der Waals surface area contributed by atoms with Crippen molar-refractivity contribution in [2.45, 2.75) is 13.3 Å². The molecule has 0 radical (unpaired) electrons. The molecule has 16 heavy (non-hydrogen) atoms. The number of anilines is 1. The Balaban J connectivity index is 2.50. The minimum atomic E-state index is 0.645. The maximum absolute atomic E-state index is 5.97. The summed E-state index contributed by atoms with van der Waals surface area (Å²) in [5.74, 6) is 0.675. The Hall–Kier alpha value is -1.55. The van der Waals surface area contributed by atoms with Crippen LogP contribution in [0, 0.1) is 4.77 Å². The van der Waals surface area contributed by atoms with E-state index in [1.807, 2.05) is 7.05 Å². The lowest BCUT2D eigenvalue weighted by atomic mass is 10.1. The van der Waals surface area contributed by atoms with Gasteiger partial charge in [0.25, 0.3) is 0 Å². The first-order valence-electron chi connectivity index (χ1n) is 5.27. The molecule has 1 aromatic carbocycles. The number of nitrogens with two attached hydrogens (primary N) is 1. The number of hydrogen-bond acceptors (Lipinski definition) is 2. The zero-order valence-electron chi connectivity index (χ0n) is 9.45. The van der Waals surface area contributed by atoms with Gasteiger partial charge in [0, 0.05) is 12.6 Å². The van der Waals surface area contributed by atoms with Crippen LogP contribution in [0.1, 0.15) is 12.5 Å². The van der Waals surface area contributed by atoms with Gasteiger partial charge in [-0.2, -0.15) is 0 Å². The average Bonchev–Trinajstić information content (AvgIpc) is 2.57. The summed E-state index contributed by atoms with van der Waals surface area (Å²) in [4.78, 5) is 3.12. The first kappa shape index (κ1) is 11.0. The van der Waals surface area contributed by atoms with E-state index >= 15 is 0 Å². The molecule has 0 saturated carbocycles. The molecule has 0 aliphatic heterocycles. The summed E-state index contributed by atoms with van der Waals surface area (Å²) < 4.78 is 2.42. The van der Waals surface area contributed by atoms with Crippen molar-refractivity contribution in [1.29, 1.82) is 0 Å². The van der Waals surface area contributed by atoms with Crippen molar-refractivity contribution in [3.8, 4) is 11.3 Å². The number of hydrogen-bond donors (Lipinski definition) is 2. The van der Waals surface area contributed by atoms with Crippen LogP contribution in [0.3, 0.4) is 0 Å². The minimum Gasteiger partial charge on any atom is -0.383 e. The van der Waals surface area contributed by atoms with Gasteiger partial charge in [0.15, 0.2) is 4.77 Å². The van der Waals surface area contributed by atoms with E-state index in [0.29, 0.717) is 10.6 Å². The van der Waals surface area contributed by atoms with Crippen molar-refractivity contribution >= 4 is 18.0 Å². The van der Waals surface area contributed by atoms with Gasteiger partial charge >= 0.3 is 0 Å². The fourth-order valence-electron chi connectivity index (χ4n) is 1.66. The lowest BCUT2D eigenvalue weighted by Crippen LogP contribution is -1.96. The standard InChI is InChI=1S/C12H15N3S/c1-3-8-4-6-9(7-5-8)10-11(13)15(2)12(16)14-10/h4-7H,3,13H2,1-2H3,(H,14,16). The molecule has 2 rings (SSSR count). The quantitative estimate of drug-likeness (QED) is 0.783.